The Morgan fingerprint density at radius 3 is 1.75 bits per heavy atom. The highest BCUT2D eigenvalue weighted by Crippen LogP contribution is 2.12. The SMILES string of the molecule is Cl.Cl.O=C(O)OCC(N1CCOCC1)N1CCOCC1. The van der Waals surface area contributed by atoms with Gasteiger partial charge >= 0.3 is 6.16 Å². The van der Waals surface area contributed by atoms with Gasteiger partial charge in [0.2, 0.25) is 0 Å². The van der Waals surface area contributed by atoms with E-state index in [0.717, 1.165) is 26.2 Å². The molecule has 9 heteroatoms. The van der Waals surface area contributed by atoms with Gasteiger partial charge in [-0.3, -0.25) is 9.80 Å². The molecule has 7 nitrogen and oxygen atoms in total. The third-order valence-electron chi connectivity index (χ3n) is 3.29. The Hall–Kier alpha value is -0.310. The lowest BCUT2D eigenvalue weighted by molar-refractivity contribution is -0.0861. The Kier molecular flexibility index (Phi) is 10.3. The number of morpholine rings is 2. The second-order valence-electron chi connectivity index (χ2n) is 4.35. The van der Waals surface area contributed by atoms with Crippen LogP contribution in [0.1, 0.15) is 0 Å². The molecule has 0 radical (unpaired) electrons. The first-order valence-corrected chi connectivity index (χ1v) is 6.26. The number of carboxylic acid groups (broad SMARTS) is 1. The summed E-state index contributed by atoms with van der Waals surface area (Å²) in [7, 11) is 0. The molecule has 0 amide bonds. The summed E-state index contributed by atoms with van der Waals surface area (Å²) in [5.41, 5.74) is 0. The summed E-state index contributed by atoms with van der Waals surface area (Å²) in [6, 6.07) is 0. The van der Waals surface area contributed by atoms with E-state index in [-0.39, 0.29) is 37.6 Å². The zero-order valence-corrected chi connectivity index (χ0v) is 12.9. The lowest BCUT2D eigenvalue weighted by atomic mass is 10.3. The second kappa shape index (κ2) is 10.4. The maximum absolute atomic E-state index is 10.6. The molecule has 0 bridgehead atoms. The van der Waals surface area contributed by atoms with E-state index in [2.05, 4.69) is 9.80 Å². The van der Waals surface area contributed by atoms with Crippen LogP contribution in [0.5, 0.6) is 0 Å². The molecular weight excluding hydrogens is 311 g/mol. The van der Waals surface area contributed by atoms with E-state index >= 15 is 0 Å². The molecule has 2 fully saturated rings. The summed E-state index contributed by atoms with van der Waals surface area (Å²) in [4.78, 5) is 15.0. The van der Waals surface area contributed by atoms with Gasteiger partial charge in [0.25, 0.3) is 0 Å². The number of rotatable bonds is 4. The summed E-state index contributed by atoms with van der Waals surface area (Å²) in [5, 5.41) is 8.65. The number of hydrogen-bond acceptors (Lipinski definition) is 6. The van der Waals surface area contributed by atoms with Crippen LogP contribution in [-0.4, -0.2) is 86.4 Å². The number of carbonyl (C=O) groups is 1. The van der Waals surface area contributed by atoms with Crippen molar-refractivity contribution in [1.29, 1.82) is 0 Å². The third kappa shape index (κ3) is 5.99. The molecule has 0 aromatic carbocycles. The van der Waals surface area contributed by atoms with Crippen LogP contribution in [0.4, 0.5) is 4.79 Å². The van der Waals surface area contributed by atoms with Crippen molar-refractivity contribution in [1.82, 2.24) is 9.80 Å². The molecule has 0 spiro atoms. The number of hydrogen-bond donors (Lipinski definition) is 1. The maximum atomic E-state index is 10.6. The summed E-state index contributed by atoms with van der Waals surface area (Å²) in [6.45, 7) is 6.17. The van der Waals surface area contributed by atoms with E-state index in [1.807, 2.05) is 0 Å². The fourth-order valence-corrected chi connectivity index (χ4v) is 2.34. The second-order valence-corrected chi connectivity index (χ2v) is 4.35. The molecule has 0 aromatic heterocycles. The molecule has 1 N–H and O–H groups in total. The summed E-state index contributed by atoms with van der Waals surface area (Å²) >= 11 is 0. The van der Waals surface area contributed by atoms with Gasteiger partial charge in [-0.1, -0.05) is 0 Å². The van der Waals surface area contributed by atoms with Crippen molar-refractivity contribution in [2.75, 3.05) is 59.2 Å². The van der Waals surface area contributed by atoms with Crippen LogP contribution in [0.15, 0.2) is 0 Å². The van der Waals surface area contributed by atoms with Crippen molar-refractivity contribution in [2.45, 2.75) is 6.17 Å². The van der Waals surface area contributed by atoms with Crippen LogP contribution >= 0.6 is 24.8 Å². The van der Waals surface area contributed by atoms with Gasteiger partial charge in [0, 0.05) is 26.2 Å². The Morgan fingerprint density at radius 1 is 1.00 bits per heavy atom. The highest BCUT2D eigenvalue weighted by atomic mass is 35.5. The Balaban J connectivity index is 0.00000180. The first-order chi connectivity index (χ1) is 8.77. The van der Waals surface area contributed by atoms with Crippen molar-refractivity contribution in [2.24, 2.45) is 0 Å². The van der Waals surface area contributed by atoms with E-state index in [0.29, 0.717) is 26.4 Å². The smallest absolute Gasteiger partial charge is 0.450 e. The fourth-order valence-electron chi connectivity index (χ4n) is 2.34. The molecule has 0 aliphatic carbocycles. The van der Waals surface area contributed by atoms with Crippen LogP contribution in [0, 0.1) is 0 Å². The largest absolute Gasteiger partial charge is 0.505 e. The van der Waals surface area contributed by atoms with Gasteiger partial charge in [-0.2, -0.15) is 0 Å². The predicted octanol–water partition coefficient (Wildman–Crippen LogP) is 0.515. The molecule has 0 saturated carbocycles. The molecule has 120 valence electrons. The Labute approximate surface area is 130 Å². The van der Waals surface area contributed by atoms with Gasteiger partial charge in [0.1, 0.15) is 6.61 Å². The highest BCUT2D eigenvalue weighted by Gasteiger charge is 2.29. The highest BCUT2D eigenvalue weighted by molar-refractivity contribution is 5.85. The molecule has 2 rings (SSSR count). The average Bonchev–Trinajstić information content (AvgIpc) is 2.41. The normalized spacial score (nSPS) is 20.9. The Bertz CT molecular complexity index is 256. The fraction of sp³-hybridized carbons (Fsp3) is 0.909. The zero-order valence-electron chi connectivity index (χ0n) is 11.2. The minimum Gasteiger partial charge on any atom is -0.450 e. The van der Waals surface area contributed by atoms with Crippen LogP contribution < -0.4 is 0 Å². The van der Waals surface area contributed by atoms with Gasteiger partial charge in [-0.15, -0.1) is 24.8 Å². The first-order valence-electron chi connectivity index (χ1n) is 6.26. The molecule has 2 aliphatic heterocycles. The maximum Gasteiger partial charge on any atom is 0.505 e. The zero-order chi connectivity index (χ0) is 12.8. The number of halogens is 2. The van der Waals surface area contributed by atoms with Gasteiger partial charge in [-0.25, -0.2) is 4.79 Å². The lowest BCUT2D eigenvalue weighted by Crippen LogP contribution is -2.57. The average molecular weight is 333 g/mol. The molecule has 2 heterocycles. The van der Waals surface area contributed by atoms with Crippen LogP contribution in [0.25, 0.3) is 0 Å². The van der Waals surface area contributed by atoms with Crippen molar-refractivity contribution in [3.63, 3.8) is 0 Å². The van der Waals surface area contributed by atoms with Gasteiger partial charge in [0.15, 0.2) is 0 Å². The van der Waals surface area contributed by atoms with Crippen molar-refractivity contribution >= 4 is 31.0 Å². The molecule has 20 heavy (non-hydrogen) atoms. The molecule has 0 aromatic rings. The molecule has 0 atom stereocenters. The van der Waals surface area contributed by atoms with E-state index in [4.69, 9.17) is 19.3 Å². The summed E-state index contributed by atoms with van der Waals surface area (Å²) in [5.74, 6) is 0. The molecular formula is C11H22Cl2N2O5. The van der Waals surface area contributed by atoms with E-state index in [1.165, 1.54) is 0 Å². The van der Waals surface area contributed by atoms with Crippen LogP contribution in [0.3, 0.4) is 0 Å². The lowest BCUT2D eigenvalue weighted by Gasteiger charge is -2.42. The van der Waals surface area contributed by atoms with Crippen molar-refractivity contribution in [3.05, 3.63) is 0 Å². The number of ether oxygens (including phenoxy) is 3. The molecule has 2 saturated heterocycles. The van der Waals surface area contributed by atoms with Crippen LogP contribution in [0.2, 0.25) is 0 Å². The van der Waals surface area contributed by atoms with Crippen molar-refractivity contribution in [3.8, 4) is 0 Å². The van der Waals surface area contributed by atoms with E-state index in [9.17, 15) is 4.79 Å². The minimum absolute atomic E-state index is 0. The topological polar surface area (TPSA) is 71.5 Å². The van der Waals surface area contributed by atoms with Crippen LogP contribution in [-0.2, 0) is 14.2 Å². The van der Waals surface area contributed by atoms with E-state index in [1.54, 1.807) is 0 Å². The third-order valence-corrected chi connectivity index (χ3v) is 3.29. The monoisotopic (exact) mass is 332 g/mol. The first kappa shape index (κ1) is 19.7. The minimum atomic E-state index is -1.22. The summed E-state index contributed by atoms with van der Waals surface area (Å²) in [6.07, 6.45) is -1.23. The van der Waals surface area contributed by atoms with Gasteiger partial charge < -0.3 is 19.3 Å². The molecule has 0 unspecified atom stereocenters. The molecule has 2 aliphatic rings. The van der Waals surface area contributed by atoms with Gasteiger partial charge in [-0.05, 0) is 0 Å². The number of nitrogens with zero attached hydrogens (tertiary/aromatic N) is 2. The summed E-state index contributed by atoms with van der Waals surface area (Å²) < 4.78 is 15.4. The Morgan fingerprint density at radius 2 is 1.40 bits per heavy atom. The quantitative estimate of drug-likeness (QED) is 0.752. The van der Waals surface area contributed by atoms with Crippen molar-refractivity contribution < 1.29 is 24.1 Å². The predicted molar refractivity (Wildman–Crippen MR) is 77.0 cm³/mol. The van der Waals surface area contributed by atoms with Gasteiger partial charge in [0.05, 0.1) is 32.6 Å². The van der Waals surface area contributed by atoms with E-state index < -0.39 is 6.16 Å². The standard InChI is InChI=1S/C11H20N2O5.2ClH/c14-11(15)18-9-10(12-1-5-16-6-2-12)13-3-7-17-8-4-13;;/h10H,1-9H2,(H,14,15);2*1H.